The Morgan fingerprint density at radius 1 is 1.13 bits per heavy atom. The van der Waals surface area contributed by atoms with Gasteiger partial charge in [0.1, 0.15) is 5.75 Å². The second-order valence-electron chi connectivity index (χ2n) is 11.8. The van der Waals surface area contributed by atoms with Crippen molar-refractivity contribution in [3.63, 3.8) is 0 Å². The Kier molecular flexibility index (Phi) is 9.04. The molecule has 2 heterocycles. The van der Waals surface area contributed by atoms with Crippen LogP contribution in [0.15, 0.2) is 39.4 Å². The first-order chi connectivity index (χ1) is 18.8. The van der Waals surface area contributed by atoms with E-state index in [1.165, 1.54) is 17.6 Å². The van der Waals surface area contributed by atoms with Crippen LogP contribution < -0.4 is 0 Å². The number of amides is 2. The Morgan fingerprint density at radius 3 is 2.62 bits per heavy atom. The highest BCUT2D eigenvalue weighted by Crippen LogP contribution is 2.52. The van der Waals surface area contributed by atoms with Crippen molar-refractivity contribution in [1.29, 1.82) is 0 Å². The number of aromatic hydroxyl groups is 1. The van der Waals surface area contributed by atoms with E-state index in [4.69, 9.17) is 4.65 Å². The van der Waals surface area contributed by atoms with Gasteiger partial charge >= 0.3 is 7.12 Å². The van der Waals surface area contributed by atoms with Crippen LogP contribution >= 0.6 is 15.9 Å². The van der Waals surface area contributed by atoms with Crippen molar-refractivity contribution in [2.45, 2.75) is 103 Å². The number of hydrogen-bond donors (Lipinski definition) is 2. The Bertz CT molecular complexity index is 1160. The molecule has 2 aliphatic heterocycles. The van der Waals surface area contributed by atoms with Crippen LogP contribution in [0.1, 0.15) is 90.0 Å². The Labute approximate surface area is 241 Å². The maximum atomic E-state index is 13.8. The summed E-state index contributed by atoms with van der Waals surface area (Å²) in [5.41, 5.74) is 4.39. The summed E-state index contributed by atoms with van der Waals surface area (Å²) >= 11 is 3.50. The van der Waals surface area contributed by atoms with E-state index in [1.807, 2.05) is 12.1 Å². The first-order valence-corrected chi connectivity index (χ1v) is 15.7. The van der Waals surface area contributed by atoms with Gasteiger partial charge in [0, 0.05) is 16.1 Å². The number of fused-ring (bicyclic) bond motifs is 3. The summed E-state index contributed by atoms with van der Waals surface area (Å²) < 4.78 is 7.08. The van der Waals surface area contributed by atoms with Gasteiger partial charge in [-0.2, -0.15) is 0 Å². The highest BCUT2D eigenvalue weighted by molar-refractivity contribution is 9.10. The standard InChI is InChI=1S/C31H41BBrNO5/c1-3-8-19(15-21-16-22(33)12-13-26(21)35)11-14-27-28-20(4-2)17-24-29(25(28)18-32(38)39-27)31(37)34(30(24)36)23-9-6-5-7-10-23/h12-13,15-16,23-25,27,29,35,38H,3-11,14,17-18H2,1-2H3/b19-15+/t24-,25+,27-,29-/m1/s1. The molecule has 8 heteroatoms. The van der Waals surface area contributed by atoms with Gasteiger partial charge in [-0.25, -0.2) is 0 Å². The number of benzene rings is 1. The molecule has 39 heavy (non-hydrogen) atoms. The Hall–Kier alpha value is -1.90. The minimum Gasteiger partial charge on any atom is -0.507 e. The molecule has 0 spiro atoms. The smallest absolute Gasteiger partial charge is 0.455 e. The average Bonchev–Trinajstić information content (AvgIpc) is 3.18. The second kappa shape index (κ2) is 12.3. The fourth-order valence-corrected chi connectivity index (χ4v) is 7.97. The van der Waals surface area contributed by atoms with Crippen molar-refractivity contribution >= 4 is 40.9 Å². The minimum absolute atomic E-state index is 0.0147. The lowest BCUT2D eigenvalue weighted by Gasteiger charge is -2.43. The summed E-state index contributed by atoms with van der Waals surface area (Å²) in [6.45, 7) is 4.27. The third-order valence-electron chi connectivity index (χ3n) is 9.36. The van der Waals surface area contributed by atoms with Crippen molar-refractivity contribution in [3.05, 3.63) is 45.0 Å². The van der Waals surface area contributed by atoms with E-state index in [9.17, 15) is 19.7 Å². The molecule has 2 N–H and O–H groups in total. The molecule has 1 aromatic carbocycles. The number of phenolic OH excluding ortho intramolecular Hbond substituents is 1. The number of allylic oxidation sites excluding steroid dienone is 2. The van der Waals surface area contributed by atoms with Crippen LogP contribution in [-0.2, 0) is 14.2 Å². The number of halogens is 1. The molecule has 1 saturated carbocycles. The summed E-state index contributed by atoms with van der Waals surface area (Å²) in [5, 5.41) is 21.2. The molecule has 2 saturated heterocycles. The van der Waals surface area contributed by atoms with Gasteiger partial charge in [0.25, 0.3) is 0 Å². The van der Waals surface area contributed by atoms with Gasteiger partial charge in [0.2, 0.25) is 11.8 Å². The second-order valence-corrected chi connectivity index (χ2v) is 12.7. The van der Waals surface area contributed by atoms with Gasteiger partial charge in [-0.3, -0.25) is 14.5 Å². The molecule has 6 nitrogen and oxygen atoms in total. The monoisotopic (exact) mass is 597 g/mol. The maximum Gasteiger partial charge on any atom is 0.455 e. The zero-order valence-corrected chi connectivity index (χ0v) is 24.8. The number of hydrogen-bond acceptors (Lipinski definition) is 5. The van der Waals surface area contributed by atoms with Crippen LogP contribution in [-0.4, -0.2) is 46.1 Å². The highest BCUT2D eigenvalue weighted by Gasteiger charge is 2.58. The predicted molar refractivity (Wildman–Crippen MR) is 157 cm³/mol. The van der Waals surface area contributed by atoms with E-state index < -0.39 is 7.12 Å². The third kappa shape index (κ3) is 5.80. The van der Waals surface area contributed by atoms with Gasteiger partial charge in [0.15, 0.2) is 0 Å². The third-order valence-corrected chi connectivity index (χ3v) is 9.85. The fourth-order valence-electron chi connectivity index (χ4n) is 7.59. The maximum absolute atomic E-state index is 13.8. The molecule has 0 bridgehead atoms. The number of likely N-dealkylation sites (tertiary alicyclic amines) is 1. The van der Waals surface area contributed by atoms with Crippen molar-refractivity contribution in [3.8, 4) is 5.75 Å². The number of carbonyl (C=O) groups is 2. The van der Waals surface area contributed by atoms with E-state index >= 15 is 0 Å². The van der Waals surface area contributed by atoms with Crippen LogP contribution in [0.5, 0.6) is 5.75 Å². The Morgan fingerprint density at radius 2 is 1.90 bits per heavy atom. The highest BCUT2D eigenvalue weighted by atomic mass is 79.9. The molecule has 3 fully saturated rings. The lowest BCUT2D eigenvalue weighted by atomic mass is 9.58. The molecule has 210 valence electrons. The van der Waals surface area contributed by atoms with Crippen molar-refractivity contribution in [1.82, 2.24) is 4.90 Å². The number of rotatable bonds is 8. The molecule has 4 aliphatic rings. The largest absolute Gasteiger partial charge is 0.507 e. The normalized spacial score (nSPS) is 28.3. The van der Waals surface area contributed by atoms with Crippen LogP contribution in [0.3, 0.4) is 0 Å². The first-order valence-electron chi connectivity index (χ1n) is 14.9. The first kappa shape index (κ1) is 28.6. The molecule has 0 aromatic heterocycles. The quantitative estimate of drug-likeness (QED) is 0.199. The lowest BCUT2D eigenvalue weighted by Crippen LogP contribution is -2.46. The average molecular weight is 598 g/mol. The number of carbonyl (C=O) groups excluding carboxylic acids is 2. The SMILES string of the molecule is CCC/C(=C\c1cc(Br)ccc1O)CC[C@H]1OB(O)C[C@H]2C1=C(CC)C[C@H]1C(=O)N(C3CCCCC3)C(=O)[C@H]12. The molecule has 1 aromatic rings. The number of nitrogens with zero attached hydrogens (tertiary/aromatic N) is 1. The molecular weight excluding hydrogens is 557 g/mol. The predicted octanol–water partition coefficient (Wildman–Crippen LogP) is 6.66. The topological polar surface area (TPSA) is 87.1 Å². The van der Waals surface area contributed by atoms with Crippen LogP contribution in [0.4, 0.5) is 0 Å². The lowest BCUT2D eigenvalue weighted by molar-refractivity contribution is -0.143. The van der Waals surface area contributed by atoms with Crippen LogP contribution in [0, 0.1) is 17.8 Å². The van der Waals surface area contributed by atoms with Gasteiger partial charge in [0.05, 0.1) is 17.9 Å². The van der Waals surface area contributed by atoms with E-state index in [0.717, 1.165) is 67.0 Å². The van der Waals surface area contributed by atoms with Gasteiger partial charge in [-0.15, -0.1) is 0 Å². The Balaban J connectivity index is 1.40. The summed E-state index contributed by atoms with van der Waals surface area (Å²) in [5.74, 6) is -0.581. The number of phenols is 1. The van der Waals surface area contributed by atoms with Crippen molar-refractivity contribution in [2.24, 2.45) is 17.8 Å². The van der Waals surface area contributed by atoms with E-state index in [1.54, 1.807) is 11.0 Å². The van der Waals surface area contributed by atoms with Crippen molar-refractivity contribution in [2.75, 3.05) is 0 Å². The molecule has 4 atom stereocenters. The molecule has 0 unspecified atom stereocenters. The van der Waals surface area contributed by atoms with Crippen LogP contribution in [0.2, 0.25) is 6.32 Å². The fraction of sp³-hybridized carbons (Fsp3) is 0.613. The van der Waals surface area contributed by atoms with Gasteiger partial charge in [-0.1, -0.05) is 72.7 Å². The molecule has 0 radical (unpaired) electrons. The van der Waals surface area contributed by atoms with E-state index in [2.05, 4.69) is 35.9 Å². The zero-order valence-electron chi connectivity index (χ0n) is 23.2. The van der Waals surface area contributed by atoms with Gasteiger partial charge < -0.3 is 14.8 Å². The summed E-state index contributed by atoms with van der Waals surface area (Å²) in [4.78, 5) is 29.1. The summed E-state index contributed by atoms with van der Waals surface area (Å²) in [6.07, 6.45) is 12.1. The molecule has 5 rings (SSSR count). The number of imide groups is 1. The minimum atomic E-state index is -0.944. The molecular formula is C31H41BBrNO5. The van der Waals surface area contributed by atoms with Crippen LogP contribution in [0.25, 0.3) is 6.08 Å². The molecule has 2 amide bonds. The van der Waals surface area contributed by atoms with Gasteiger partial charge in [-0.05, 0) is 81.0 Å². The van der Waals surface area contributed by atoms with E-state index in [0.29, 0.717) is 19.2 Å². The summed E-state index contributed by atoms with van der Waals surface area (Å²) in [7, 11) is -0.944. The summed E-state index contributed by atoms with van der Waals surface area (Å²) in [6, 6.07) is 5.47. The zero-order chi connectivity index (χ0) is 27.7. The van der Waals surface area contributed by atoms with Crippen molar-refractivity contribution < 1.29 is 24.4 Å². The van der Waals surface area contributed by atoms with E-state index in [-0.39, 0.29) is 47.5 Å². The molecule has 2 aliphatic carbocycles.